The lowest BCUT2D eigenvalue weighted by atomic mass is 10.2. The highest BCUT2D eigenvalue weighted by Crippen LogP contribution is 2.13. The SMILES string of the molecule is COC(=O)c1ccc(OC(=O)/C=C/c2cccn2C)cc1. The molecule has 5 nitrogen and oxygen atoms in total. The van der Waals surface area contributed by atoms with Crippen molar-refractivity contribution in [2.75, 3.05) is 7.11 Å². The van der Waals surface area contributed by atoms with E-state index in [1.54, 1.807) is 18.2 Å². The number of hydrogen-bond donors (Lipinski definition) is 0. The maximum Gasteiger partial charge on any atom is 0.337 e. The summed E-state index contributed by atoms with van der Waals surface area (Å²) < 4.78 is 11.6. The van der Waals surface area contributed by atoms with Gasteiger partial charge in [-0.25, -0.2) is 9.59 Å². The van der Waals surface area contributed by atoms with E-state index in [9.17, 15) is 9.59 Å². The second kappa shape index (κ2) is 6.56. The summed E-state index contributed by atoms with van der Waals surface area (Å²) in [5.41, 5.74) is 1.30. The zero-order valence-electron chi connectivity index (χ0n) is 11.8. The number of nitrogens with zero attached hydrogens (tertiary/aromatic N) is 1. The van der Waals surface area contributed by atoms with Crippen LogP contribution in [0.15, 0.2) is 48.7 Å². The van der Waals surface area contributed by atoms with E-state index in [-0.39, 0.29) is 0 Å². The largest absolute Gasteiger partial charge is 0.465 e. The fourth-order valence-corrected chi connectivity index (χ4v) is 1.73. The molecule has 0 amide bonds. The lowest BCUT2D eigenvalue weighted by molar-refractivity contribution is -0.128. The zero-order chi connectivity index (χ0) is 15.2. The molecule has 0 N–H and O–H groups in total. The van der Waals surface area contributed by atoms with Gasteiger partial charge in [-0.1, -0.05) is 0 Å². The third-order valence-electron chi connectivity index (χ3n) is 2.87. The fourth-order valence-electron chi connectivity index (χ4n) is 1.73. The molecule has 0 fully saturated rings. The Balaban J connectivity index is 1.98. The number of esters is 2. The van der Waals surface area contributed by atoms with Gasteiger partial charge in [-0.15, -0.1) is 0 Å². The predicted molar refractivity (Wildman–Crippen MR) is 77.9 cm³/mol. The first kappa shape index (κ1) is 14.6. The van der Waals surface area contributed by atoms with Crippen LogP contribution in [0.4, 0.5) is 0 Å². The molecule has 0 saturated carbocycles. The van der Waals surface area contributed by atoms with Crippen LogP contribution >= 0.6 is 0 Å². The van der Waals surface area contributed by atoms with Gasteiger partial charge in [0.25, 0.3) is 0 Å². The third kappa shape index (κ3) is 3.82. The smallest absolute Gasteiger partial charge is 0.337 e. The number of ether oxygens (including phenoxy) is 2. The van der Waals surface area contributed by atoms with Crippen LogP contribution in [0.25, 0.3) is 6.08 Å². The Morgan fingerprint density at radius 2 is 1.86 bits per heavy atom. The summed E-state index contributed by atoms with van der Waals surface area (Å²) in [6.07, 6.45) is 4.91. The van der Waals surface area contributed by atoms with Crippen molar-refractivity contribution < 1.29 is 19.1 Å². The molecule has 0 atom stereocenters. The summed E-state index contributed by atoms with van der Waals surface area (Å²) >= 11 is 0. The van der Waals surface area contributed by atoms with Gasteiger partial charge in [0.15, 0.2) is 0 Å². The average Bonchev–Trinajstić information content (AvgIpc) is 2.90. The monoisotopic (exact) mass is 285 g/mol. The molecule has 21 heavy (non-hydrogen) atoms. The second-order valence-electron chi connectivity index (χ2n) is 4.31. The van der Waals surface area contributed by atoms with E-state index < -0.39 is 11.9 Å². The van der Waals surface area contributed by atoms with Gasteiger partial charge in [0.05, 0.1) is 12.7 Å². The summed E-state index contributed by atoms with van der Waals surface area (Å²) in [6, 6.07) is 9.93. The van der Waals surface area contributed by atoms with Crippen LogP contribution in [0.3, 0.4) is 0 Å². The molecule has 0 aliphatic heterocycles. The number of carbonyl (C=O) groups excluding carboxylic acids is 2. The van der Waals surface area contributed by atoms with Crippen molar-refractivity contribution in [3.05, 3.63) is 59.9 Å². The summed E-state index contributed by atoms with van der Waals surface area (Å²) in [6.45, 7) is 0. The minimum absolute atomic E-state index is 0.365. The van der Waals surface area contributed by atoms with E-state index in [0.29, 0.717) is 11.3 Å². The molecule has 0 aliphatic rings. The van der Waals surface area contributed by atoms with Crippen LogP contribution in [0.5, 0.6) is 5.75 Å². The fraction of sp³-hybridized carbons (Fsp3) is 0.125. The van der Waals surface area contributed by atoms with Crippen molar-refractivity contribution in [1.82, 2.24) is 4.57 Å². The first-order chi connectivity index (χ1) is 10.1. The average molecular weight is 285 g/mol. The van der Waals surface area contributed by atoms with Gasteiger partial charge in [-0.05, 0) is 42.5 Å². The zero-order valence-corrected chi connectivity index (χ0v) is 11.8. The first-order valence-electron chi connectivity index (χ1n) is 6.30. The van der Waals surface area contributed by atoms with E-state index in [4.69, 9.17) is 4.74 Å². The van der Waals surface area contributed by atoms with Gasteiger partial charge >= 0.3 is 11.9 Å². The summed E-state index contributed by atoms with van der Waals surface area (Å²) in [4.78, 5) is 23.0. The molecule has 108 valence electrons. The Morgan fingerprint density at radius 1 is 1.14 bits per heavy atom. The van der Waals surface area contributed by atoms with Crippen molar-refractivity contribution in [3.8, 4) is 5.75 Å². The van der Waals surface area contributed by atoms with E-state index >= 15 is 0 Å². The summed E-state index contributed by atoms with van der Waals surface area (Å²) in [7, 11) is 3.20. The number of aromatic nitrogens is 1. The Bertz CT molecular complexity index is 668. The van der Waals surface area contributed by atoms with Gasteiger partial charge < -0.3 is 14.0 Å². The van der Waals surface area contributed by atoms with Crippen molar-refractivity contribution in [1.29, 1.82) is 0 Å². The summed E-state index contributed by atoms with van der Waals surface area (Å²) in [5.74, 6) is -0.553. The van der Waals surface area contributed by atoms with Gasteiger partial charge in [0.1, 0.15) is 5.75 Å². The van der Waals surface area contributed by atoms with E-state index in [0.717, 1.165) is 5.69 Å². The van der Waals surface area contributed by atoms with E-state index in [1.165, 1.54) is 25.3 Å². The first-order valence-corrected chi connectivity index (χ1v) is 6.30. The number of benzene rings is 1. The van der Waals surface area contributed by atoms with Crippen LogP contribution < -0.4 is 4.74 Å². The third-order valence-corrected chi connectivity index (χ3v) is 2.87. The molecule has 5 heteroatoms. The molecule has 1 aromatic heterocycles. The molecule has 1 aromatic carbocycles. The highest BCUT2D eigenvalue weighted by atomic mass is 16.5. The van der Waals surface area contributed by atoms with Crippen LogP contribution in [0.2, 0.25) is 0 Å². The maximum atomic E-state index is 11.7. The highest BCUT2D eigenvalue weighted by molar-refractivity contribution is 5.90. The molecular formula is C16H15NO4. The molecule has 0 saturated heterocycles. The highest BCUT2D eigenvalue weighted by Gasteiger charge is 2.06. The number of hydrogen-bond acceptors (Lipinski definition) is 4. The van der Waals surface area contributed by atoms with Crippen molar-refractivity contribution in [2.24, 2.45) is 7.05 Å². The lowest BCUT2D eigenvalue weighted by Gasteiger charge is -2.03. The van der Waals surface area contributed by atoms with Gasteiger partial charge in [0.2, 0.25) is 0 Å². The van der Waals surface area contributed by atoms with Crippen LogP contribution in [0.1, 0.15) is 16.1 Å². The molecular weight excluding hydrogens is 270 g/mol. The summed E-state index contributed by atoms with van der Waals surface area (Å²) in [5, 5.41) is 0. The number of methoxy groups -OCH3 is 1. The normalized spacial score (nSPS) is 10.6. The van der Waals surface area contributed by atoms with Gasteiger partial charge in [-0.2, -0.15) is 0 Å². The molecule has 0 radical (unpaired) electrons. The molecule has 0 spiro atoms. The van der Waals surface area contributed by atoms with Crippen LogP contribution in [-0.4, -0.2) is 23.6 Å². The molecule has 2 aromatic rings. The molecule has 2 rings (SSSR count). The Labute approximate surface area is 122 Å². The Kier molecular flexibility index (Phi) is 4.56. The quantitative estimate of drug-likeness (QED) is 0.492. The molecule has 0 unspecified atom stereocenters. The number of carbonyl (C=O) groups is 2. The van der Waals surface area contributed by atoms with Crippen LogP contribution in [0, 0.1) is 0 Å². The lowest BCUT2D eigenvalue weighted by Crippen LogP contribution is -2.05. The van der Waals surface area contributed by atoms with E-state index in [2.05, 4.69) is 4.74 Å². The van der Waals surface area contributed by atoms with E-state index in [1.807, 2.05) is 29.9 Å². The van der Waals surface area contributed by atoms with Gasteiger partial charge in [-0.3, -0.25) is 0 Å². The van der Waals surface area contributed by atoms with Crippen molar-refractivity contribution in [2.45, 2.75) is 0 Å². The van der Waals surface area contributed by atoms with Crippen LogP contribution in [-0.2, 0) is 16.6 Å². The predicted octanol–water partition coefficient (Wildman–Crippen LogP) is 2.43. The Hall–Kier alpha value is -2.82. The van der Waals surface area contributed by atoms with Gasteiger partial charge in [0, 0.05) is 25.0 Å². The molecule has 1 heterocycles. The minimum atomic E-state index is -0.484. The standard InChI is InChI=1S/C16H15NO4/c1-17-11-3-4-13(17)7-10-15(18)21-14-8-5-12(6-9-14)16(19)20-2/h3-11H,1-2H3/b10-7+. The molecule has 0 aliphatic carbocycles. The number of rotatable bonds is 4. The van der Waals surface area contributed by atoms with Crippen molar-refractivity contribution >= 4 is 18.0 Å². The Morgan fingerprint density at radius 3 is 2.43 bits per heavy atom. The van der Waals surface area contributed by atoms with Crippen molar-refractivity contribution in [3.63, 3.8) is 0 Å². The second-order valence-corrected chi connectivity index (χ2v) is 4.31. The number of aryl methyl sites for hydroxylation is 1. The topological polar surface area (TPSA) is 57.5 Å². The maximum absolute atomic E-state index is 11.7. The molecule has 0 bridgehead atoms. The minimum Gasteiger partial charge on any atom is -0.465 e.